The Labute approximate surface area is 148 Å². The molecular weight excluding hydrogens is 341 g/mol. The van der Waals surface area contributed by atoms with Crippen LogP contribution in [0.5, 0.6) is 11.5 Å². The van der Waals surface area contributed by atoms with Gasteiger partial charge < -0.3 is 9.47 Å². The zero-order valence-electron chi connectivity index (χ0n) is 13.9. The van der Waals surface area contributed by atoms with Crippen LogP contribution >= 0.6 is 0 Å². The number of para-hydroxylation sites is 1. The number of allylic oxidation sites excluding steroid dienone is 2. The molecule has 0 N–H and O–H groups in total. The van der Waals surface area contributed by atoms with Gasteiger partial charge in [0.15, 0.2) is 0 Å². The summed E-state index contributed by atoms with van der Waals surface area (Å²) < 4.78 is 50.8. The summed E-state index contributed by atoms with van der Waals surface area (Å²) in [4.78, 5) is 0. The number of rotatable bonds is 2. The second-order valence-corrected chi connectivity index (χ2v) is 6.05. The van der Waals surface area contributed by atoms with Crippen LogP contribution < -0.4 is 9.47 Å². The van der Waals surface area contributed by atoms with Gasteiger partial charge in [0.25, 0.3) is 0 Å². The van der Waals surface area contributed by atoms with Crippen LogP contribution in [0.4, 0.5) is 13.2 Å². The number of ether oxygens (including phenoxy) is 2. The van der Waals surface area contributed by atoms with E-state index in [-0.39, 0.29) is 5.75 Å². The molecular formula is C21H15F3O2. The molecule has 0 saturated carbocycles. The minimum atomic E-state index is -4.57. The van der Waals surface area contributed by atoms with E-state index in [2.05, 4.69) is 0 Å². The Kier molecular flexibility index (Phi) is 3.87. The summed E-state index contributed by atoms with van der Waals surface area (Å²) >= 11 is 0. The molecule has 0 radical (unpaired) electrons. The molecule has 0 fully saturated rings. The van der Waals surface area contributed by atoms with Crippen LogP contribution in [-0.4, -0.2) is 13.3 Å². The summed E-state index contributed by atoms with van der Waals surface area (Å²) in [5.41, 5.74) is 1.37. The summed E-state index contributed by atoms with van der Waals surface area (Å²) in [7, 11) is 1.51. The van der Waals surface area contributed by atoms with E-state index in [9.17, 15) is 13.2 Å². The van der Waals surface area contributed by atoms with E-state index in [1.165, 1.54) is 7.11 Å². The molecule has 2 nitrogen and oxygen atoms in total. The number of hydrogen-bond acceptors (Lipinski definition) is 2. The first-order valence-corrected chi connectivity index (χ1v) is 8.10. The minimum absolute atomic E-state index is 0.217. The zero-order chi connectivity index (χ0) is 18.3. The lowest BCUT2D eigenvalue weighted by atomic mass is 9.85. The van der Waals surface area contributed by atoms with E-state index in [1.54, 1.807) is 36.4 Å². The Morgan fingerprint density at radius 2 is 1.65 bits per heavy atom. The monoisotopic (exact) mass is 356 g/mol. The number of benzene rings is 3. The van der Waals surface area contributed by atoms with Gasteiger partial charge in [-0.15, -0.1) is 0 Å². The van der Waals surface area contributed by atoms with Crippen LogP contribution in [0.25, 0.3) is 10.8 Å². The van der Waals surface area contributed by atoms with Gasteiger partial charge in [0.2, 0.25) is 5.76 Å². The van der Waals surface area contributed by atoms with E-state index in [1.807, 2.05) is 24.3 Å². The smallest absolute Gasteiger partial charge is 0.449 e. The van der Waals surface area contributed by atoms with E-state index < -0.39 is 17.9 Å². The molecule has 1 aliphatic rings. The lowest BCUT2D eigenvalue weighted by molar-refractivity contribution is -0.117. The van der Waals surface area contributed by atoms with Crippen LogP contribution in [0.2, 0.25) is 0 Å². The van der Waals surface area contributed by atoms with Crippen molar-refractivity contribution in [2.75, 3.05) is 7.11 Å². The van der Waals surface area contributed by atoms with Crippen molar-refractivity contribution in [3.63, 3.8) is 0 Å². The minimum Gasteiger partial charge on any atom is -0.496 e. The van der Waals surface area contributed by atoms with E-state index in [4.69, 9.17) is 9.47 Å². The first-order valence-electron chi connectivity index (χ1n) is 8.10. The van der Waals surface area contributed by atoms with Gasteiger partial charge >= 0.3 is 6.18 Å². The molecule has 0 saturated heterocycles. The SMILES string of the molecule is COc1ccccc1C1C=C(C(F)(F)F)Oc2ccc3ccccc3c21. The average Bonchev–Trinajstić information content (AvgIpc) is 2.66. The molecule has 26 heavy (non-hydrogen) atoms. The predicted molar refractivity (Wildman–Crippen MR) is 93.6 cm³/mol. The van der Waals surface area contributed by atoms with Gasteiger partial charge in [-0.05, 0) is 29.0 Å². The predicted octanol–water partition coefficient (Wildman–Crippen LogP) is 5.82. The maximum Gasteiger partial charge on any atom is 0.449 e. The van der Waals surface area contributed by atoms with Crippen molar-refractivity contribution in [2.45, 2.75) is 12.1 Å². The molecule has 1 atom stereocenters. The number of halogens is 3. The number of fused-ring (bicyclic) bond motifs is 3. The Morgan fingerprint density at radius 1 is 0.923 bits per heavy atom. The van der Waals surface area contributed by atoms with Crippen molar-refractivity contribution in [3.8, 4) is 11.5 Å². The Hall–Kier alpha value is -2.95. The lowest BCUT2D eigenvalue weighted by Gasteiger charge is -2.28. The first-order chi connectivity index (χ1) is 12.5. The lowest BCUT2D eigenvalue weighted by Crippen LogP contribution is -2.22. The van der Waals surface area contributed by atoms with Crippen LogP contribution in [0.3, 0.4) is 0 Å². The Morgan fingerprint density at radius 3 is 2.42 bits per heavy atom. The molecule has 0 bridgehead atoms. The van der Waals surface area contributed by atoms with E-state index in [0.29, 0.717) is 16.9 Å². The second kappa shape index (κ2) is 6.09. The quantitative estimate of drug-likeness (QED) is 0.576. The fourth-order valence-electron chi connectivity index (χ4n) is 3.39. The van der Waals surface area contributed by atoms with Crippen molar-refractivity contribution in [1.82, 2.24) is 0 Å². The van der Waals surface area contributed by atoms with Crippen molar-refractivity contribution < 1.29 is 22.6 Å². The molecule has 3 aromatic rings. The van der Waals surface area contributed by atoms with E-state index in [0.717, 1.165) is 16.8 Å². The highest BCUT2D eigenvalue weighted by Crippen LogP contribution is 2.47. The third-order valence-corrected chi connectivity index (χ3v) is 4.53. The Balaban J connectivity index is 2.02. The topological polar surface area (TPSA) is 18.5 Å². The second-order valence-electron chi connectivity index (χ2n) is 6.05. The highest BCUT2D eigenvalue weighted by atomic mass is 19.4. The van der Waals surface area contributed by atoms with Gasteiger partial charge in [0.05, 0.1) is 7.11 Å². The van der Waals surface area contributed by atoms with Crippen LogP contribution in [0, 0.1) is 0 Å². The molecule has 0 aromatic heterocycles. The van der Waals surface area contributed by atoms with Crippen molar-refractivity contribution in [3.05, 3.63) is 83.6 Å². The zero-order valence-corrected chi connectivity index (χ0v) is 13.9. The average molecular weight is 356 g/mol. The maximum absolute atomic E-state index is 13.4. The van der Waals surface area contributed by atoms with E-state index >= 15 is 0 Å². The summed E-state index contributed by atoms with van der Waals surface area (Å²) in [5.74, 6) is -0.876. The van der Waals surface area contributed by atoms with Crippen LogP contribution in [-0.2, 0) is 0 Å². The third kappa shape index (κ3) is 2.69. The molecule has 1 unspecified atom stereocenters. The molecule has 3 aromatic carbocycles. The van der Waals surface area contributed by atoms with Gasteiger partial charge in [-0.3, -0.25) is 0 Å². The Bertz CT molecular complexity index is 1010. The van der Waals surface area contributed by atoms with Crippen molar-refractivity contribution in [2.24, 2.45) is 0 Å². The number of hydrogen-bond donors (Lipinski definition) is 0. The van der Waals surface area contributed by atoms with Gasteiger partial charge in [-0.25, -0.2) is 0 Å². The summed E-state index contributed by atoms with van der Waals surface area (Å²) in [5, 5.41) is 1.80. The molecule has 5 heteroatoms. The molecule has 1 heterocycles. The van der Waals surface area contributed by atoms with Gasteiger partial charge in [0, 0.05) is 17.0 Å². The number of alkyl halides is 3. The van der Waals surface area contributed by atoms with Gasteiger partial charge in [-0.2, -0.15) is 13.2 Å². The molecule has 132 valence electrons. The number of methoxy groups -OCH3 is 1. The molecule has 0 spiro atoms. The van der Waals surface area contributed by atoms with Crippen molar-refractivity contribution >= 4 is 10.8 Å². The fourth-order valence-corrected chi connectivity index (χ4v) is 3.39. The summed E-state index contributed by atoms with van der Waals surface area (Å²) in [6.45, 7) is 0. The third-order valence-electron chi connectivity index (χ3n) is 4.53. The fraction of sp³-hybridized carbons (Fsp3) is 0.143. The highest BCUT2D eigenvalue weighted by Gasteiger charge is 2.41. The summed E-state index contributed by atoms with van der Waals surface area (Å²) in [6.07, 6.45) is -3.43. The molecule has 4 rings (SSSR count). The highest BCUT2D eigenvalue weighted by molar-refractivity contribution is 5.89. The van der Waals surface area contributed by atoms with Crippen LogP contribution in [0.1, 0.15) is 17.0 Å². The summed E-state index contributed by atoms with van der Waals surface area (Å²) in [6, 6.07) is 18.1. The van der Waals surface area contributed by atoms with Gasteiger partial charge in [-0.1, -0.05) is 48.5 Å². The molecule has 1 aliphatic heterocycles. The maximum atomic E-state index is 13.4. The van der Waals surface area contributed by atoms with Gasteiger partial charge in [0.1, 0.15) is 11.5 Å². The standard InChI is InChI=1S/C21H15F3O2/c1-25-17-9-5-4-8-15(17)16-12-19(21(22,23)24)26-18-11-10-13-6-2-3-7-14(13)20(16)18/h2-12,16H,1H3. The largest absolute Gasteiger partial charge is 0.496 e. The molecule has 0 amide bonds. The molecule has 0 aliphatic carbocycles. The van der Waals surface area contributed by atoms with Crippen molar-refractivity contribution in [1.29, 1.82) is 0 Å². The first kappa shape index (κ1) is 16.5. The van der Waals surface area contributed by atoms with Crippen LogP contribution in [0.15, 0.2) is 72.5 Å². The normalized spacial score (nSPS) is 16.6.